The molecule has 0 saturated carbocycles. The first kappa shape index (κ1) is 14.7. The fourth-order valence-corrected chi connectivity index (χ4v) is 5.24. The molecule has 3 saturated heterocycles. The smallest absolute Gasteiger partial charge is 0.237 e. The number of aliphatic hydroxyl groups excluding tert-OH is 1. The molecule has 2 atom stereocenters. The monoisotopic (exact) mass is 298 g/mol. The molecule has 0 aromatic carbocycles. The van der Waals surface area contributed by atoms with Crippen molar-refractivity contribution < 1.29 is 9.90 Å². The van der Waals surface area contributed by atoms with Crippen molar-refractivity contribution in [2.24, 2.45) is 0 Å². The summed E-state index contributed by atoms with van der Waals surface area (Å²) >= 11 is 1.92. The Morgan fingerprint density at radius 2 is 2.05 bits per heavy atom. The molecule has 5 heteroatoms. The molecule has 0 bridgehead atoms. The zero-order chi connectivity index (χ0) is 14.0. The summed E-state index contributed by atoms with van der Waals surface area (Å²) in [7, 11) is 0. The van der Waals surface area contributed by atoms with Gasteiger partial charge in [-0.25, -0.2) is 0 Å². The highest BCUT2D eigenvalue weighted by Crippen LogP contribution is 2.33. The lowest BCUT2D eigenvalue weighted by Gasteiger charge is -2.39. The Balaban J connectivity index is 1.63. The topological polar surface area (TPSA) is 52.6 Å². The van der Waals surface area contributed by atoms with Crippen LogP contribution in [0.1, 0.15) is 44.9 Å². The van der Waals surface area contributed by atoms with Crippen molar-refractivity contribution in [3.05, 3.63) is 0 Å². The lowest BCUT2D eigenvalue weighted by atomic mass is 9.92. The van der Waals surface area contributed by atoms with Gasteiger partial charge in [0, 0.05) is 6.04 Å². The maximum absolute atomic E-state index is 12.7. The number of fused-ring (bicyclic) bond motifs is 1. The van der Waals surface area contributed by atoms with Crippen LogP contribution in [0.3, 0.4) is 0 Å². The van der Waals surface area contributed by atoms with Crippen LogP contribution >= 0.6 is 11.8 Å². The van der Waals surface area contributed by atoms with Crippen LogP contribution in [0.25, 0.3) is 0 Å². The van der Waals surface area contributed by atoms with Gasteiger partial charge in [-0.3, -0.25) is 9.69 Å². The van der Waals surface area contributed by atoms with Gasteiger partial charge in [-0.15, -0.1) is 0 Å². The van der Waals surface area contributed by atoms with Crippen LogP contribution in [-0.4, -0.2) is 58.2 Å². The van der Waals surface area contributed by atoms with Crippen LogP contribution in [0, 0.1) is 0 Å². The highest BCUT2D eigenvalue weighted by molar-refractivity contribution is 7.99. The summed E-state index contributed by atoms with van der Waals surface area (Å²) in [6, 6.07) is 0.685. The molecular weight excluding hydrogens is 272 g/mol. The minimum absolute atomic E-state index is 0.0540. The molecule has 3 rings (SSSR count). The summed E-state index contributed by atoms with van der Waals surface area (Å²) in [5, 5.41) is 12.9. The first-order valence-electron chi connectivity index (χ1n) is 8.00. The van der Waals surface area contributed by atoms with Crippen molar-refractivity contribution in [1.29, 1.82) is 0 Å². The number of aliphatic hydroxyl groups is 1. The van der Waals surface area contributed by atoms with Gasteiger partial charge in [0.2, 0.25) is 5.91 Å². The lowest BCUT2D eigenvalue weighted by molar-refractivity contribution is -0.129. The number of amides is 1. The molecule has 20 heavy (non-hydrogen) atoms. The zero-order valence-electron chi connectivity index (χ0n) is 12.1. The van der Waals surface area contributed by atoms with E-state index in [0.717, 1.165) is 37.3 Å². The second kappa shape index (κ2) is 6.24. The van der Waals surface area contributed by atoms with Crippen LogP contribution in [0.2, 0.25) is 0 Å². The van der Waals surface area contributed by atoms with Gasteiger partial charge in [-0.2, -0.15) is 11.8 Å². The molecule has 2 unspecified atom stereocenters. The van der Waals surface area contributed by atoms with Crippen molar-refractivity contribution in [3.63, 3.8) is 0 Å². The Kier molecular flexibility index (Phi) is 4.58. The van der Waals surface area contributed by atoms with E-state index < -0.39 is 0 Å². The van der Waals surface area contributed by atoms with Crippen LogP contribution in [0.15, 0.2) is 0 Å². The third-order valence-corrected chi connectivity index (χ3v) is 6.28. The number of nitrogens with one attached hydrogen (secondary N) is 1. The Morgan fingerprint density at radius 3 is 2.80 bits per heavy atom. The van der Waals surface area contributed by atoms with E-state index in [1.807, 2.05) is 11.8 Å². The van der Waals surface area contributed by atoms with Gasteiger partial charge in [0.05, 0.1) is 18.2 Å². The average Bonchev–Trinajstić information content (AvgIpc) is 2.92. The third kappa shape index (κ3) is 2.85. The first-order valence-corrected chi connectivity index (χ1v) is 9.16. The summed E-state index contributed by atoms with van der Waals surface area (Å²) in [5.41, 5.74) is -0.351. The second-order valence-electron chi connectivity index (χ2n) is 6.52. The maximum atomic E-state index is 12.7. The molecule has 3 heterocycles. The fourth-order valence-electron chi connectivity index (χ4n) is 3.97. The van der Waals surface area contributed by atoms with Crippen LogP contribution < -0.4 is 5.32 Å². The lowest BCUT2D eigenvalue weighted by Crippen LogP contribution is -2.58. The van der Waals surface area contributed by atoms with Crippen LogP contribution in [0.5, 0.6) is 0 Å². The van der Waals surface area contributed by atoms with Crippen molar-refractivity contribution >= 4 is 17.7 Å². The van der Waals surface area contributed by atoms with Crippen molar-refractivity contribution in [1.82, 2.24) is 10.2 Å². The van der Waals surface area contributed by atoms with E-state index in [4.69, 9.17) is 0 Å². The molecular formula is C15H26N2O2S. The summed E-state index contributed by atoms with van der Waals surface area (Å²) in [6.45, 7) is 1.15. The van der Waals surface area contributed by atoms with Crippen molar-refractivity contribution in [2.45, 2.75) is 62.6 Å². The Morgan fingerprint density at radius 1 is 1.25 bits per heavy atom. The Hall–Kier alpha value is -0.260. The fraction of sp³-hybridized carbons (Fsp3) is 0.933. The van der Waals surface area contributed by atoms with Crippen molar-refractivity contribution in [2.75, 3.05) is 24.7 Å². The van der Waals surface area contributed by atoms with Gasteiger partial charge in [0.1, 0.15) is 0 Å². The summed E-state index contributed by atoms with van der Waals surface area (Å²) in [6.07, 6.45) is 7.75. The molecule has 0 aromatic heterocycles. The SMILES string of the molecule is O=C(NC1(CO)CCSCC1)C1CCC2CCCCN21. The highest BCUT2D eigenvalue weighted by Gasteiger charge is 2.41. The standard InChI is InChI=1S/C15H26N2O2S/c18-11-15(6-9-20-10-7-15)16-14(19)13-5-4-12-3-1-2-8-17(12)13/h12-13,18H,1-11H2,(H,16,19). The predicted molar refractivity (Wildman–Crippen MR) is 81.9 cm³/mol. The number of thioether (sulfide) groups is 1. The second-order valence-corrected chi connectivity index (χ2v) is 7.75. The third-order valence-electron chi connectivity index (χ3n) is 5.29. The predicted octanol–water partition coefficient (Wildman–Crippen LogP) is 1.38. The van der Waals surface area contributed by atoms with E-state index in [9.17, 15) is 9.90 Å². The molecule has 0 spiro atoms. The molecule has 1 amide bonds. The van der Waals surface area contributed by atoms with E-state index in [1.54, 1.807) is 0 Å². The number of rotatable bonds is 3. The molecule has 3 aliphatic rings. The maximum Gasteiger partial charge on any atom is 0.237 e. The molecule has 4 nitrogen and oxygen atoms in total. The Bertz CT molecular complexity index is 358. The van der Waals surface area contributed by atoms with Gasteiger partial charge in [0.15, 0.2) is 0 Å². The first-order chi connectivity index (χ1) is 9.74. The Labute approximate surface area is 125 Å². The van der Waals surface area contributed by atoms with Crippen LogP contribution in [0.4, 0.5) is 0 Å². The summed E-state index contributed by atoms with van der Waals surface area (Å²) < 4.78 is 0. The molecule has 2 N–H and O–H groups in total. The van der Waals surface area contributed by atoms with E-state index in [1.165, 1.54) is 25.7 Å². The molecule has 3 fully saturated rings. The van der Waals surface area contributed by atoms with Gasteiger partial charge < -0.3 is 10.4 Å². The largest absolute Gasteiger partial charge is 0.394 e. The molecule has 0 aliphatic carbocycles. The molecule has 0 radical (unpaired) electrons. The number of hydrogen-bond donors (Lipinski definition) is 2. The number of carbonyl (C=O) groups excluding carboxylic acids is 1. The van der Waals surface area contributed by atoms with E-state index >= 15 is 0 Å². The minimum Gasteiger partial charge on any atom is -0.394 e. The van der Waals surface area contributed by atoms with Gasteiger partial charge in [0.25, 0.3) is 0 Å². The highest BCUT2D eigenvalue weighted by atomic mass is 32.2. The zero-order valence-corrected chi connectivity index (χ0v) is 13.0. The minimum atomic E-state index is -0.351. The molecule has 3 aliphatic heterocycles. The van der Waals surface area contributed by atoms with Gasteiger partial charge in [-0.1, -0.05) is 6.42 Å². The summed E-state index contributed by atoms with van der Waals surface area (Å²) in [4.78, 5) is 15.1. The van der Waals surface area contributed by atoms with E-state index in [2.05, 4.69) is 10.2 Å². The normalized spacial score (nSPS) is 33.6. The average molecular weight is 298 g/mol. The number of piperidine rings is 1. The van der Waals surface area contributed by atoms with E-state index in [-0.39, 0.29) is 24.1 Å². The molecule has 0 aromatic rings. The number of hydrogen-bond acceptors (Lipinski definition) is 4. The van der Waals surface area contributed by atoms with Crippen molar-refractivity contribution in [3.8, 4) is 0 Å². The number of nitrogens with zero attached hydrogens (tertiary/aromatic N) is 1. The molecule has 114 valence electrons. The quantitative estimate of drug-likeness (QED) is 0.826. The van der Waals surface area contributed by atoms with Gasteiger partial charge >= 0.3 is 0 Å². The van der Waals surface area contributed by atoms with Gasteiger partial charge in [-0.05, 0) is 56.6 Å². The summed E-state index contributed by atoms with van der Waals surface area (Å²) in [5.74, 6) is 2.24. The van der Waals surface area contributed by atoms with Crippen LogP contribution in [-0.2, 0) is 4.79 Å². The van der Waals surface area contributed by atoms with E-state index in [0.29, 0.717) is 6.04 Å². The number of carbonyl (C=O) groups is 1.